The van der Waals surface area contributed by atoms with Gasteiger partial charge in [0.2, 0.25) is 0 Å². The Morgan fingerprint density at radius 1 is 1.00 bits per heavy atom. The minimum atomic E-state index is -0.805. The zero-order chi connectivity index (χ0) is 14.0. The molecule has 2 aromatic carbocycles. The van der Waals surface area contributed by atoms with E-state index < -0.39 is 6.10 Å². The van der Waals surface area contributed by atoms with E-state index >= 15 is 0 Å². The van der Waals surface area contributed by atoms with E-state index in [9.17, 15) is 9.50 Å². The monoisotopic (exact) mass is 258 g/mol. The number of aryl methyl sites for hydroxylation is 3. The van der Waals surface area contributed by atoms with Crippen molar-refractivity contribution >= 4 is 0 Å². The molecular formula is C17H19FO. The zero-order valence-electron chi connectivity index (χ0n) is 11.6. The van der Waals surface area contributed by atoms with Gasteiger partial charge in [-0.2, -0.15) is 0 Å². The first kappa shape index (κ1) is 13.8. The van der Waals surface area contributed by atoms with Crippen molar-refractivity contribution in [3.63, 3.8) is 0 Å². The molecule has 1 N–H and O–H groups in total. The minimum absolute atomic E-state index is 0.344. The summed E-state index contributed by atoms with van der Waals surface area (Å²) >= 11 is 0. The van der Waals surface area contributed by atoms with Crippen LogP contribution in [0.1, 0.15) is 33.9 Å². The molecule has 0 bridgehead atoms. The van der Waals surface area contributed by atoms with E-state index in [-0.39, 0.29) is 5.82 Å². The summed E-state index contributed by atoms with van der Waals surface area (Å²) in [5.41, 5.74) is 4.67. The van der Waals surface area contributed by atoms with Crippen molar-refractivity contribution in [3.05, 3.63) is 70.0 Å². The molecule has 0 fully saturated rings. The fourth-order valence-corrected chi connectivity index (χ4v) is 2.26. The van der Waals surface area contributed by atoms with Crippen LogP contribution in [0.25, 0.3) is 0 Å². The third kappa shape index (κ3) is 3.21. The van der Waals surface area contributed by atoms with Crippen LogP contribution in [0.15, 0.2) is 36.4 Å². The highest BCUT2D eigenvalue weighted by atomic mass is 19.1. The molecule has 0 aliphatic rings. The maximum absolute atomic E-state index is 13.7. The molecular weight excluding hydrogens is 239 g/mol. The Labute approximate surface area is 113 Å². The molecule has 1 unspecified atom stereocenters. The molecule has 0 saturated carbocycles. The topological polar surface area (TPSA) is 20.2 Å². The molecule has 0 heterocycles. The molecule has 0 amide bonds. The summed E-state index contributed by atoms with van der Waals surface area (Å²) in [4.78, 5) is 0. The lowest BCUT2D eigenvalue weighted by Gasteiger charge is -2.15. The Balaban J connectivity index is 2.27. The van der Waals surface area contributed by atoms with Crippen LogP contribution in [0.3, 0.4) is 0 Å². The second-order valence-corrected chi connectivity index (χ2v) is 5.17. The number of aliphatic hydroxyl groups excluding tert-OH is 1. The summed E-state index contributed by atoms with van der Waals surface area (Å²) in [5.74, 6) is -0.344. The minimum Gasteiger partial charge on any atom is -0.388 e. The Kier molecular flexibility index (Phi) is 4.01. The van der Waals surface area contributed by atoms with Gasteiger partial charge >= 0.3 is 0 Å². The number of hydrogen-bond acceptors (Lipinski definition) is 1. The molecule has 1 atom stereocenters. The van der Waals surface area contributed by atoms with E-state index in [0.717, 1.165) is 22.3 Å². The predicted molar refractivity (Wildman–Crippen MR) is 75.7 cm³/mol. The van der Waals surface area contributed by atoms with Gasteiger partial charge < -0.3 is 5.11 Å². The first-order valence-corrected chi connectivity index (χ1v) is 6.47. The van der Waals surface area contributed by atoms with Crippen LogP contribution in [-0.4, -0.2) is 5.11 Å². The first-order chi connectivity index (χ1) is 8.97. The Morgan fingerprint density at radius 3 is 2.37 bits per heavy atom. The van der Waals surface area contributed by atoms with E-state index in [4.69, 9.17) is 0 Å². The molecule has 0 spiro atoms. The van der Waals surface area contributed by atoms with Gasteiger partial charge in [-0.05, 0) is 38.0 Å². The Hall–Kier alpha value is -1.67. The van der Waals surface area contributed by atoms with E-state index in [2.05, 4.69) is 0 Å². The number of aliphatic hydroxyl groups is 1. The van der Waals surface area contributed by atoms with Crippen molar-refractivity contribution in [2.24, 2.45) is 0 Å². The van der Waals surface area contributed by atoms with Crippen LogP contribution in [-0.2, 0) is 6.42 Å². The highest BCUT2D eigenvalue weighted by Crippen LogP contribution is 2.24. The van der Waals surface area contributed by atoms with Gasteiger partial charge in [-0.3, -0.25) is 0 Å². The predicted octanol–water partition coefficient (Wildman–Crippen LogP) is 4.03. The van der Waals surface area contributed by atoms with Crippen molar-refractivity contribution in [1.29, 1.82) is 0 Å². The fraction of sp³-hybridized carbons (Fsp3) is 0.294. The van der Waals surface area contributed by atoms with Crippen LogP contribution in [0.2, 0.25) is 0 Å². The van der Waals surface area contributed by atoms with E-state index in [0.29, 0.717) is 12.0 Å². The molecule has 19 heavy (non-hydrogen) atoms. The second kappa shape index (κ2) is 5.54. The van der Waals surface area contributed by atoms with Crippen molar-refractivity contribution in [2.75, 3.05) is 0 Å². The number of rotatable bonds is 3. The third-order valence-corrected chi connectivity index (χ3v) is 3.43. The van der Waals surface area contributed by atoms with Gasteiger partial charge in [-0.25, -0.2) is 4.39 Å². The van der Waals surface area contributed by atoms with Gasteiger partial charge in [0.1, 0.15) is 5.82 Å². The van der Waals surface area contributed by atoms with Gasteiger partial charge in [0.25, 0.3) is 0 Å². The SMILES string of the molecule is Cc1ccc(C)c(CC(O)c2cc(C)ccc2F)c1. The van der Waals surface area contributed by atoms with E-state index in [1.807, 2.05) is 39.0 Å². The lowest BCUT2D eigenvalue weighted by Crippen LogP contribution is -2.06. The highest BCUT2D eigenvalue weighted by Gasteiger charge is 2.14. The molecule has 2 aromatic rings. The van der Waals surface area contributed by atoms with Crippen LogP contribution in [0, 0.1) is 26.6 Å². The number of hydrogen-bond donors (Lipinski definition) is 1. The molecule has 2 heteroatoms. The average molecular weight is 258 g/mol. The van der Waals surface area contributed by atoms with E-state index in [1.165, 1.54) is 6.07 Å². The quantitative estimate of drug-likeness (QED) is 0.881. The Bertz CT molecular complexity index is 590. The summed E-state index contributed by atoms with van der Waals surface area (Å²) < 4.78 is 13.7. The van der Waals surface area contributed by atoms with Crippen molar-refractivity contribution < 1.29 is 9.50 Å². The molecule has 1 nitrogen and oxygen atoms in total. The summed E-state index contributed by atoms with van der Waals surface area (Å²) in [6.07, 6.45) is -0.367. The fourth-order valence-electron chi connectivity index (χ4n) is 2.26. The molecule has 2 rings (SSSR count). The van der Waals surface area contributed by atoms with Crippen LogP contribution < -0.4 is 0 Å². The second-order valence-electron chi connectivity index (χ2n) is 5.17. The maximum Gasteiger partial charge on any atom is 0.129 e. The smallest absolute Gasteiger partial charge is 0.129 e. The summed E-state index contributed by atoms with van der Waals surface area (Å²) in [5, 5.41) is 10.3. The molecule has 100 valence electrons. The lowest BCUT2D eigenvalue weighted by molar-refractivity contribution is 0.173. The van der Waals surface area contributed by atoms with Crippen molar-refractivity contribution in [1.82, 2.24) is 0 Å². The van der Waals surface area contributed by atoms with Crippen LogP contribution >= 0.6 is 0 Å². The molecule has 0 radical (unpaired) electrons. The largest absolute Gasteiger partial charge is 0.388 e. The molecule has 0 aliphatic carbocycles. The van der Waals surface area contributed by atoms with Gasteiger partial charge in [-0.15, -0.1) is 0 Å². The summed E-state index contributed by atoms with van der Waals surface area (Å²) in [7, 11) is 0. The van der Waals surface area contributed by atoms with E-state index in [1.54, 1.807) is 12.1 Å². The Morgan fingerprint density at radius 2 is 1.63 bits per heavy atom. The first-order valence-electron chi connectivity index (χ1n) is 6.47. The van der Waals surface area contributed by atoms with Gasteiger partial charge in [0.05, 0.1) is 6.10 Å². The standard InChI is InChI=1S/C17H19FO/c1-11-4-6-13(3)14(8-11)10-17(19)15-9-12(2)5-7-16(15)18/h4-9,17,19H,10H2,1-3H3. The maximum atomic E-state index is 13.7. The molecule has 0 saturated heterocycles. The third-order valence-electron chi connectivity index (χ3n) is 3.43. The van der Waals surface area contributed by atoms with Gasteiger partial charge in [-0.1, -0.05) is 41.5 Å². The zero-order valence-corrected chi connectivity index (χ0v) is 11.6. The van der Waals surface area contributed by atoms with Crippen LogP contribution in [0.5, 0.6) is 0 Å². The van der Waals surface area contributed by atoms with Gasteiger partial charge in [0, 0.05) is 12.0 Å². The molecule has 0 aromatic heterocycles. The average Bonchev–Trinajstić information content (AvgIpc) is 2.36. The van der Waals surface area contributed by atoms with Crippen molar-refractivity contribution in [3.8, 4) is 0 Å². The highest BCUT2D eigenvalue weighted by molar-refractivity contribution is 5.33. The summed E-state index contributed by atoms with van der Waals surface area (Å²) in [6.45, 7) is 5.92. The normalized spacial score (nSPS) is 12.5. The van der Waals surface area contributed by atoms with Crippen molar-refractivity contribution in [2.45, 2.75) is 33.3 Å². The lowest BCUT2D eigenvalue weighted by atomic mass is 9.96. The number of benzene rings is 2. The van der Waals surface area contributed by atoms with Gasteiger partial charge in [0.15, 0.2) is 0 Å². The van der Waals surface area contributed by atoms with Crippen LogP contribution in [0.4, 0.5) is 4.39 Å². The molecule has 0 aliphatic heterocycles. The number of halogens is 1. The summed E-state index contributed by atoms with van der Waals surface area (Å²) in [6, 6.07) is 11.0.